The van der Waals surface area contributed by atoms with Crippen molar-refractivity contribution in [3.8, 4) is 0 Å². The van der Waals surface area contributed by atoms with Gasteiger partial charge in [0.25, 0.3) is 0 Å². The largest absolute Gasteiger partial charge is 0.462 e. The lowest BCUT2D eigenvalue weighted by atomic mass is 10.0. The summed E-state index contributed by atoms with van der Waals surface area (Å²) < 4.78 is 25.4. The summed E-state index contributed by atoms with van der Waals surface area (Å²) in [5, 5.41) is 21.6. The second kappa shape index (κ2) is 17.8. The fraction of sp³-hybridized carbons (Fsp3) is 0.585. The number of nitrogen functional groups attached to an aromatic ring is 1. The molecule has 0 unspecified atom stereocenters. The van der Waals surface area contributed by atoms with Crippen molar-refractivity contribution >= 4 is 48.8 Å². The Morgan fingerprint density at radius 3 is 1.73 bits per heavy atom. The zero-order valence-electron chi connectivity index (χ0n) is 35.9. The highest BCUT2D eigenvalue weighted by Crippen LogP contribution is 2.40. The second-order valence-corrected chi connectivity index (χ2v) is 22.5. The molecule has 0 bridgehead atoms. The van der Waals surface area contributed by atoms with Crippen LogP contribution >= 0.6 is 0 Å². The zero-order chi connectivity index (χ0) is 42.4. The number of pyridine rings is 2. The smallest absolute Gasteiger partial charge is 0.412 e. The molecule has 0 atom stereocenters. The van der Waals surface area contributed by atoms with Crippen molar-refractivity contribution in [2.45, 2.75) is 144 Å². The number of nitrogens with two attached hydrogens (primary N) is 1. The predicted molar refractivity (Wildman–Crippen MR) is 222 cm³/mol. The van der Waals surface area contributed by atoms with E-state index in [0.717, 1.165) is 28.8 Å². The molecule has 0 spiro atoms. The molecule has 0 fully saturated rings. The highest BCUT2D eigenvalue weighted by Gasteiger charge is 2.41. The molecule has 14 nitrogen and oxygen atoms in total. The molecular formula is C41H64N6O8Si. The van der Waals surface area contributed by atoms with E-state index in [9.17, 15) is 19.5 Å². The van der Waals surface area contributed by atoms with Gasteiger partial charge in [-0.2, -0.15) is 10.2 Å². The molecule has 0 saturated heterocycles. The lowest BCUT2D eigenvalue weighted by Crippen LogP contribution is -2.47. The molecule has 0 aliphatic carbocycles. The van der Waals surface area contributed by atoms with Crippen molar-refractivity contribution in [3.63, 3.8) is 0 Å². The van der Waals surface area contributed by atoms with Gasteiger partial charge in [0, 0.05) is 18.1 Å². The first-order chi connectivity index (χ1) is 25.6. The van der Waals surface area contributed by atoms with E-state index in [1.807, 2.05) is 12.1 Å². The van der Waals surface area contributed by atoms with E-state index >= 15 is 0 Å². The molecular weight excluding hydrogens is 733 g/mol. The highest BCUT2D eigenvalue weighted by molar-refractivity contribution is 6.74. The Morgan fingerprint density at radius 2 is 1.25 bits per heavy atom. The first-order valence-electron chi connectivity index (χ1n) is 19.2. The zero-order valence-corrected chi connectivity index (χ0v) is 36.9. The number of esters is 2. The summed E-state index contributed by atoms with van der Waals surface area (Å²) >= 11 is 0. The first-order valence-corrected chi connectivity index (χ1v) is 22.1. The van der Waals surface area contributed by atoms with Crippen LogP contribution in [-0.4, -0.2) is 80.7 Å². The number of rotatable bonds is 13. The monoisotopic (exact) mass is 796 g/mol. The van der Waals surface area contributed by atoms with Gasteiger partial charge in [0.2, 0.25) is 0 Å². The van der Waals surface area contributed by atoms with E-state index in [0.29, 0.717) is 42.8 Å². The Hall–Kier alpha value is -4.47. The minimum absolute atomic E-state index is 0.133. The number of aryl methyl sites for hydroxylation is 2. The molecule has 0 aliphatic heterocycles. The molecule has 4 aromatic rings. The van der Waals surface area contributed by atoms with Crippen LogP contribution < -0.4 is 11.1 Å². The maximum Gasteiger partial charge on any atom is 0.412 e. The van der Waals surface area contributed by atoms with Gasteiger partial charge in [0.1, 0.15) is 16.7 Å². The number of hydrogen-bond acceptors (Lipinski definition) is 11. The average Bonchev–Trinajstić information content (AvgIpc) is 3.63. The number of carbonyl (C=O) groups excluding carboxylic acids is 3. The fourth-order valence-corrected chi connectivity index (χ4v) is 7.26. The summed E-state index contributed by atoms with van der Waals surface area (Å²) in [6, 6.07) is 7.27. The van der Waals surface area contributed by atoms with E-state index in [2.05, 4.69) is 63.2 Å². The van der Waals surface area contributed by atoms with Gasteiger partial charge >= 0.3 is 18.0 Å². The molecule has 0 aliphatic rings. The van der Waals surface area contributed by atoms with Gasteiger partial charge in [-0.25, -0.2) is 23.4 Å². The average molecular weight is 797 g/mol. The van der Waals surface area contributed by atoms with Crippen molar-refractivity contribution in [2.75, 3.05) is 24.3 Å². The van der Waals surface area contributed by atoms with Gasteiger partial charge in [-0.3, -0.25) is 5.32 Å². The first kappa shape index (κ1) is 45.9. The quantitative estimate of drug-likeness (QED) is 0.0672. The van der Waals surface area contributed by atoms with Gasteiger partial charge in [0.15, 0.2) is 8.32 Å². The van der Waals surface area contributed by atoms with Crippen molar-refractivity contribution in [2.24, 2.45) is 0 Å². The summed E-state index contributed by atoms with van der Waals surface area (Å²) in [5.41, 5.74) is 8.69. The van der Waals surface area contributed by atoms with Crippen molar-refractivity contribution in [1.82, 2.24) is 19.2 Å². The van der Waals surface area contributed by atoms with Crippen LogP contribution in [0.2, 0.25) is 18.1 Å². The van der Waals surface area contributed by atoms with Crippen molar-refractivity contribution in [3.05, 3.63) is 59.2 Å². The number of carbonyl (C=O) groups is 3. The second-order valence-electron chi connectivity index (χ2n) is 17.8. The maximum atomic E-state index is 12.6. The van der Waals surface area contributed by atoms with Gasteiger partial charge in [-0.15, -0.1) is 0 Å². The third-order valence-electron chi connectivity index (χ3n) is 9.27. The molecule has 4 heterocycles. The van der Waals surface area contributed by atoms with E-state index < -0.39 is 37.6 Å². The Bertz CT molecular complexity index is 2000. The van der Waals surface area contributed by atoms with Crippen LogP contribution in [0.1, 0.15) is 128 Å². The molecule has 15 heteroatoms. The highest BCUT2D eigenvalue weighted by atomic mass is 28.4. The van der Waals surface area contributed by atoms with E-state index in [1.165, 1.54) is 0 Å². The Labute approximate surface area is 332 Å². The topological polar surface area (TPSA) is 181 Å². The number of nitrogens with one attached hydrogen (secondary N) is 1. The third kappa shape index (κ3) is 13.3. The lowest BCUT2D eigenvalue weighted by molar-refractivity contribution is 0.0516. The lowest BCUT2D eigenvalue weighted by Gasteiger charge is -2.42. The van der Waals surface area contributed by atoms with Crippen LogP contribution in [-0.2, 0) is 31.5 Å². The molecule has 0 aromatic carbocycles. The van der Waals surface area contributed by atoms with Crippen LogP contribution in [0.4, 0.5) is 16.2 Å². The molecule has 1 amide bonds. The molecule has 310 valence electrons. The third-order valence-corrected chi connectivity index (χ3v) is 13.9. The summed E-state index contributed by atoms with van der Waals surface area (Å²) in [5.74, 6) is -0.994. The van der Waals surface area contributed by atoms with Gasteiger partial charge < -0.3 is 29.5 Å². The summed E-state index contributed by atoms with van der Waals surface area (Å²) in [6.07, 6.45) is 5.30. The van der Waals surface area contributed by atoms with Crippen LogP contribution in [0.15, 0.2) is 36.7 Å². The molecule has 0 saturated carbocycles. The number of aliphatic hydroxyl groups is 1. The summed E-state index contributed by atoms with van der Waals surface area (Å²) in [4.78, 5) is 36.8. The minimum Gasteiger partial charge on any atom is -0.462 e. The number of fused-ring (bicyclic) bond motifs is 2. The normalized spacial score (nSPS) is 12.6. The number of nitrogens with zero attached hydrogens (tertiary/aromatic N) is 4. The molecule has 4 rings (SSSR count). The maximum absolute atomic E-state index is 12.6. The summed E-state index contributed by atoms with van der Waals surface area (Å²) in [6.45, 7) is 28.4. The Kier molecular flexibility index (Phi) is 14.6. The van der Waals surface area contributed by atoms with Gasteiger partial charge in [-0.05, 0) is 130 Å². The summed E-state index contributed by atoms with van der Waals surface area (Å²) in [7, 11) is -1.91. The standard InChI is InChI=1S/C26H43N3O5Si.C15H21N3O3/c1-12-32-22(30)20-17-29-19(16-21(20)27-23(31)33-24(2,3)4)15-18(28-29)13-14-26(8,9)34-35(10,11)25(5,6)7;1-4-21-14(19)12-9-18-11(8-13(12)16)7-10(17-18)5-6-15(2,3)20/h15-17H,12-14H2,1-11H3,(H,27,31);7-9,20H,4-6,16H2,1-3H3. The van der Waals surface area contributed by atoms with Crippen LogP contribution in [0, 0.1) is 0 Å². The fourth-order valence-electron chi connectivity index (χ4n) is 5.47. The van der Waals surface area contributed by atoms with Gasteiger partial charge in [-0.1, -0.05) is 20.8 Å². The Morgan fingerprint density at radius 1 is 0.768 bits per heavy atom. The Balaban J connectivity index is 0.000000340. The van der Waals surface area contributed by atoms with Gasteiger partial charge in [0.05, 0.1) is 52.5 Å². The van der Waals surface area contributed by atoms with E-state index in [-0.39, 0.29) is 22.8 Å². The number of amides is 1. The molecule has 4 N–H and O–H groups in total. The molecule has 4 aromatic heterocycles. The number of ether oxygens (including phenoxy) is 3. The van der Waals surface area contributed by atoms with E-state index in [4.69, 9.17) is 24.4 Å². The SMILES string of the molecule is CCOC(=O)c1cn2nc(CCC(C)(C)O)cc2cc1N.CCOC(=O)c1cn2nc(CCC(C)(C)O[Si](C)(C)C(C)(C)C)cc2cc1NC(=O)OC(C)(C)C. The van der Waals surface area contributed by atoms with Crippen LogP contribution in [0.25, 0.3) is 11.0 Å². The molecule has 56 heavy (non-hydrogen) atoms. The number of anilines is 2. The van der Waals surface area contributed by atoms with Crippen molar-refractivity contribution < 1.29 is 38.1 Å². The molecule has 0 radical (unpaired) electrons. The van der Waals surface area contributed by atoms with Crippen LogP contribution in [0.3, 0.4) is 0 Å². The predicted octanol–water partition coefficient (Wildman–Crippen LogP) is 8.39. The van der Waals surface area contributed by atoms with Crippen molar-refractivity contribution in [1.29, 1.82) is 0 Å². The number of aromatic nitrogens is 4. The minimum atomic E-state index is -1.91. The van der Waals surface area contributed by atoms with Crippen LogP contribution in [0.5, 0.6) is 0 Å². The van der Waals surface area contributed by atoms with E-state index in [1.54, 1.807) is 82.0 Å². The number of hydrogen-bond donors (Lipinski definition) is 3.